The molecule has 0 amide bonds. The largest absolute Gasteiger partial charge is 0.494 e. The van der Waals surface area contributed by atoms with E-state index in [0.29, 0.717) is 12.5 Å². The summed E-state index contributed by atoms with van der Waals surface area (Å²) in [5.41, 5.74) is 6.84. The van der Waals surface area contributed by atoms with Crippen molar-refractivity contribution in [1.82, 2.24) is 0 Å². The molecule has 2 rings (SSSR count). The maximum atomic E-state index is 10.9. The van der Waals surface area contributed by atoms with Gasteiger partial charge in [0, 0.05) is 12.0 Å². The van der Waals surface area contributed by atoms with Crippen LogP contribution in [-0.2, 0) is 0 Å². The van der Waals surface area contributed by atoms with E-state index in [4.69, 9.17) is 10.5 Å². The van der Waals surface area contributed by atoms with Crippen molar-refractivity contribution < 1.29 is 9.84 Å². The number of benzene rings is 1. The first-order valence-electron chi connectivity index (χ1n) is 8.22. The third-order valence-electron chi connectivity index (χ3n) is 4.78. The predicted molar refractivity (Wildman–Crippen MR) is 86.3 cm³/mol. The number of hydrogen-bond acceptors (Lipinski definition) is 3. The molecule has 3 heteroatoms. The van der Waals surface area contributed by atoms with Gasteiger partial charge in [0.15, 0.2) is 0 Å². The minimum atomic E-state index is -0.481. The number of aliphatic hydroxyl groups excluding tert-OH is 1. The molecule has 1 aromatic carbocycles. The second-order valence-corrected chi connectivity index (χ2v) is 6.59. The molecule has 1 aliphatic carbocycles. The van der Waals surface area contributed by atoms with E-state index in [-0.39, 0.29) is 5.41 Å². The highest BCUT2D eigenvalue weighted by Gasteiger charge is 2.40. The highest BCUT2D eigenvalue weighted by atomic mass is 16.5. The van der Waals surface area contributed by atoms with Crippen molar-refractivity contribution in [2.45, 2.75) is 52.1 Å². The second kappa shape index (κ2) is 7.28. The van der Waals surface area contributed by atoms with Crippen molar-refractivity contribution in [3.05, 3.63) is 29.8 Å². The maximum absolute atomic E-state index is 10.9. The van der Waals surface area contributed by atoms with Gasteiger partial charge < -0.3 is 15.6 Å². The van der Waals surface area contributed by atoms with Gasteiger partial charge in [-0.05, 0) is 42.9 Å². The molecule has 3 nitrogen and oxygen atoms in total. The van der Waals surface area contributed by atoms with E-state index in [2.05, 4.69) is 13.8 Å². The fraction of sp³-hybridized carbons (Fsp3) is 0.667. The van der Waals surface area contributed by atoms with E-state index in [1.54, 1.807) is 0 Å². The predicted octanol–water partition coefficient (Wildman–Crippen LogP) is 3.66. The van der Waals surface area contributed by atoms with Crippen LogP contribution in [0.15, 0.2) is 24.3 Å². The molecule has 1 aromatic rings. The first-order chi connectivity index (χ1) is 10.1. The number of aliphatic hydroxyl groups is 1. The lowest BCUT2D eigenvalue weighted by Crippen LogP contribution is -2.40. The van der Waals surface area contributed by atoms with Crippen molar-refractivity contribution in [1.29, 1.82) is 0 Å². The van der Waals surface area contributed by atoms with Crippen LogP contribution < -0.4 is 10.5 Å². The van der Waals surface area contributed by atoms with Crippen molar-refractivity contribution in [3.8, 4) is 5.75 Å². The van der Waals surface area contributed by atoms with Crippen molar-refractivity contribution >= 4 is 0 Å². The molecule has 0 heterocycles. The first-order valence-corrected chi connectivity index (χ1v) is 8.22. The molecule has 1 fully saturated rings. The summed E-state index contributed by atoms with van der Waals surface area (Å²) in [5.74, 6) is 1.51. The molecule has 0 aromatic heterocycles. The van der Waals surface area contributed by atoms with Crippen molar-refractivity contribution in [3.63, 3.8) is 0 Å². The minimum Gasteiger partial charge on any atom is -0.494 e. The quantitative estimate of drug-likeness (QED) is 0.841. The van der Waals surface area contributed by atoms with Gasteiger partial charge >= 0.3 is 0 Å². The third kappa shape index (κ3) is 3.78. The maximum Gasteiger partial charge on any atom is 0.119 e. The smallest absolute Gasteiger partial charge is 0.119 e. The Morgan fingerprint density at radius 1 is 1.38 bits per heavy atom. The third-order valence-corrected chi connectivity index (χ3v) is 4.78. The van der Waals surface area contributed by atoms with Crippen LogP contribution in [0.4, 0.5) is 0 Å². The standard InChI is InChI=1S/C18H29NO2/c1-3-11-21-16-8-6-15(7-9-16)17(20)18(13-19)10-4-5-14(2)12-18/h6-9,14,17,20H,3-5,10-13,19H2,1-2H3. The molecule has 118 valence electrons. The van der Waals surface area contributed by atoms with Gasteiger partial charge in [0.2, 0.25) is 0 Å². The van der Waals surface area contributed by atoms with E-state index < -0.39 is 6.10 Å². The van der Waals surface area contributed by atoms with Gasteiger partial charge in [-0.25, -0.2) is 0 Å². The summed E-state index contributed by atoms with van der Waals surface area (Å²) in [4.78, 5) is 0. The highest BCUT2D eigenvalue weighted by molar-refractivity contribution is 5.29. The Bertz CT molecular complexity index is 431. The summed E-state index contributed by atoms with van der Waals surface area (Å²) < 4.78 is 5.60. The van der Waals surface area contributed by atoms with E-state index in [9.17, 15) is 5.11 Å². The molecule has 0 aliphatic heterocycles. The summed E-state index contributed by atoms with van der Waals surface area (Å²) in [7, 11) is 0. The molecule has 21 heavy (non-hydrogen) atoms. The summed E-state index contributed by atoms with van der Waals surface area (Å²) >= 11 is 0. The number of rotatable bonds is 6. The van der Waals surface area contributed by atoms with Crippen LogP contribution >= 0.6 is 0 Å². The zero-order valence-corrected chi connectivity index (χ0v) is 13.3. The summed E-state index contributed by atoms with van der Waals surface area (Å²) in [6, 6.07) is 7.86. The van der Waals surface area contributed by atoms with Gasteiger partial charge in [0.1, 0.15) is 5.75 Å². The Kier molecular flexibility index (Phi) is 5.65. The average molecular weight is 291 g/mol. The molecule has 0 bridgehead atoms. The fourth-order valence-corrected chi connectivity index (χ4v) is 3.57. The van der Waals surface area contributed by atoms with Gasteiger partial charge in [-0.2, -0.15) is 0 Å². The van der Waals surface area contributed by atoms with Crippen molar-refractivity contribution in [2.75, 3.05) is 13.2 Å². The molecular weight excluding hydrogens is 262 g/mol. The molecule has 0 spiro atoms. The minimum absolute atomic E-state index is 0.163. The molecule has 3 atom stereocenters. The Morgan fingerprint density at radius 2 is 2.10 bits per heavy atom. The van der Waals surface area contributed by atoms with Crippen molar-refractivity contribution in [2.24, 2.45) is 17.1 Å². The van der Waals surface area contributed by atoms with E-state index in [1.807, 2.05) is 24.3 Å². The van der Waals surface area contributed by atoms with Gasteiger partial charge in [-0.1, -0.05) is 38.8 Å². The van der Waals surface area contributed by atoms with Crippen LogP contribution in [-0.4, -0.2) is 18.3 Å². The summed E-state index contributed by atoms with van der Waals surface area (Å²) in [6.45, 7) is 5.63. The second-order valence-electron chi connectivity index (χ2n) is 6.59. The van der Waals surface area contributed by atoms with Crippen LogP contribution in [0.2, 0.25) is 0 Å². The molecule has 0 radical (unpaired) electrons. The Balaban J connectivity index is 2.11. The molecule has 1 saturated carbocycles. The lowest BCUT2D eigenvalue weighted by molar-refractivity contribution is -0.0131. The summed E-state index contributed by atoms with van der Waals surface area (Å²) in [5, 5.41) is 10.9. The lowest BCUT2D eigenvalue weighted by Gasteiger charge is -2.43. The number of hydrogen-bond donors (Lipinski definition) is 2. The van der Waals surface area contributed by atoms with Crippen LogP contribution in [0.5, 0.6) is 5.75 Å². The Morgan fingerprint density at radius 3 is 2.67 bits per heavy atom. The van der Waals surface area contributed by atoms with Crippen LogP contribution in [0, 0.1) is 11.3 Å². The Hall–Kier alpha value is -1.06. The zero-order valence-electron chi connectivity index (χ0n) is 13.3. The molecule has 0 saturated heterocycles. The molecule has 3 N–H and O–H groups in total. The van der Waals surface area contributed by atoms with E-state index in [0.717, 1.165) is 43.6 Å². The van der Waals surface area contributed by atoms with Crippen LogP contribution in [0.25, 0.3) is 0 Å². The lowest BCUT2D eigenvalue weighted by atomic mass is 9.65. The topological polar surface area (TPSA) is 55.5 Å². The molecule has 3 unspecified atom stereocenters. The number of ether oxygens (including phenoxy) is 1. The summed E-state index contributed by atoms with van der Waals surface area (Å²) in [6.07, 6.45) is 4.96. The van der Waals surface area contributed by atoms with Gasteiger partial charge in [-0.3, -0.25) is 0 Å². The first kappa shape index (κ1) is 16.3. The zero-order chi connectivity index (χ0) is 15.3. The van der Waals surface area contributed by atoms with E-state index in [1.165, 1.54) is 6.42 Å². The normalized spacial score (nSPS) is 27.3. The van der Waals surface area contributed by atoms with E-state index >= 15 is 0 Å². The molecule has 1 aliphatic rings. The van der Waals surface area contributed by atoms with Gasteiger partial charge in [-0.15, -0.1) is 0 Å². The van der Waals surface area contributed by atoms with Gasteiger partial charge in [0.05, 0.1) is 12.7 Å². The Labute approximate surface area is 128 Å². The van der Waals surface area contributed by atoms with Crippen LogP contribution in [0.3, 0.4) is 0 Å². The monoisotopic (exact) mass is 291 g/mol. The SMILES string of the molecule is CCCOc1ccc(C(O)C2(CN)CCCC(C)C2)cc1. The highest BCUT2D eigenvalue weighted by Crippen LogP contribution is 2.47. The average Bonchev–Trinajstić information content (AvgIpc) is 2.52. The van der Waals surface area contributed by atoms with Crippen LogP contribution in [0.1, 0.15) is 57.6 Å². The molecular formula is C18H29NO2. The van der Waals surface area contributed by atoms with Gasteiger partial charge in [0.25, 0.3) is 0 Å². The fourth-order valence-electron chi connectivity index (χ4n) is 3.57. The number of nitrogens with two attached hydrogens (primary N) is 1.